The van der Waals surface area contributed by atoms with Crippen LogP contribution in [-0.2, 0) is 0 Å². The Morgan fingerprint density at radius 2 is 2.25 bits per heavy atom. The van der Waals surface area contributed by atoms with Crippen molar-refractivity contribution in [3.63, 3.8) is 0 Å². The molecule has 2 rings (SSSR count). The zero-order chi connectivity index (χ0) is 8.72. The number of aromatic nitrogens is 1. The Labute approximate surface area is 81.6 Å². The molecule has 0 bridgehead atoms. The van der Waals surface area contributed by atoms with Crippen LogP contribution in [-0.4, -0.2) is 4.98 Å². The standard InChI is InChI=1S/C7H4BrClN2O/c8-3-1-4(9)6-5(2-3)11-7(10)12-6/h1-2H,(H2,10,11). The number of fused-ring (bicyclic) bond motifs is 1. The Bertz CT molecular complexity index is 440. The van der Waals surface area contributed by atoms with Gasteiger partial charge in [-0.15, -0.1) is 0 Å². The van der Waals surface area contributed by atoms with E-state index in [1.54, 1.807) is 12.1 Å². The first kappa shape index (κ1) is 7.89. The average molecular weight is 247 g/mol. The third kappa shape index (κ3) is 1.17. The van der Waals surface area contributed by atoms with E-state index in [1.807, 2.05) is 0 Å². The molecule has 2 N–H and O–H groups in total. The summed E-state index contributed by atoms with van der Waals surface area (Å²) in [5, 5.41) is 0.503. The maximum atomic E-state index is 5.86. The first-order valence-electron chi connectivity index (χ1n) is 3.18. The second kappa shape index (κ2) is 2.64. The number of anilines is 1. The van der Waals surface area contributed by atoms with E-state index in [0.29, 0.717) is 16.1 Å². The third-order valence-corrected chi connectivity index (χ3v) is 2.16. The van der Waals surface area contributed by atoms with Gasteiger partial charge in [-0.25, -0.2) is 0 Å². The third-order valence-electron chi connectivity index (χ3n) is 1.43. The van der Waals surface area contributed by atoms with Gasteiger partial charge in [0.05, 0.1) is 5.02 Å². The zero-order valence-electron chi connectivity index (χ0n) is 5.84. The summed E-state index contributed by atoms with van der Waals surface area (Å²) in [6.45, 7) is 0. The molecule has 0 fully saturated rings. The van der Waals surface area contributed by atoms with Crippen molar-refractivity contribution in [3.05, 3.63) is 21.6 Å². The summed E-state index contributed by atoms with van der Waals surface area (Å²) in [6, 6.07) is 3.65. The number of nitrogens with two attached hydrogens (primary N) is 1. The molecule has 62 valence electrons. The number of oxazole rings is 1. The molecule has 0 saturated carbocycles. The molecule has 0 aliphatic heterocycles. The van der Waals surface area contributed by atoms with Crippen LogP contribution in [0.4, 0.5) is 6.01 Å². The quantitative estimate of drug-likeness (QED) is 0.779. The summed E-state index contributed by atoms with van der Waals surface area (Å²) >= 11 is 9.14. The lowest BCUT2D eigenvalue weighted by Gasteiger charge is -1.91. The predicted molar refractivity (Wildman–Crippen MR) is 51.1 cm³/mol. The summed E-state index contributed by atoms with van der Waals surface area (Å²) in [6.07, 6.45) is 0. The molecule has 0 atom stereocenters. The zero-order valence-corrected chi connectivity index (χ0v) is 8.19. The summed E-state index contributed by atoms with van der Waals surface area (Å²) in [7, 11) is 0. The molecule has 0 amide bonds. The maximum Gasteiger partial charge on any atom is 0.293 e. The van der Waals surface area contributed by atoms with Crippen molar-refractivity contribution in [2.24, 2.45) is 0 Å². The molecule has 1 aromatic heterocycles. The van der Waals surface area contributed by atoms with Gasteiger partial charge >= 0.3 is 0 Å². The Hall–Kier alpha value is -0.740. The summed E-state index contributed by atoms with van der Waals surface area (Å²) < 4.78 is 5.92. The topological polar surface area (TPSA) is 52.0 Å². The highest BCUT2D eigenvalue weighted by atomic mass is 79.9. The fraction of sp³-hybridized carbons (Fsp3) is 0. The molecule has 5 heteroatoms. The van der Waals surface area contributed by atoms with E-state index in [2.05, 4.69) is 20.9 Å². The lowest BCUT2D eigenvalue weighted by molar-refractivity contribution is 0.626. The highest BCUT2D eigenvalue weighted by Gasteiger charge is 2.07. The summed E-state index contributed by atoms with van der Waals surface area (Å²) in [5.74, 6) is 0. The largest absolute Gasteiger partial charge is 0.422 e. The Kier molecular flexibility index (Phi) is 1.73. The summed E-state index contributed by atoms with van der Waals surface area (Å²) in [5.41, 5.74) is 6.54. The monoisotopic (exact) mass is 246 g/mol. The first-order valence-corrected chi connectivity index (χ1v) is 4.35. The second-order valence-corrected chi connectivity index (χ2v) is 3.61. The van der Waals surface area contributed by atoms with E-state index < -0.39 is 0 Å². The highest BCUT2D eigenvalue weighted by Crippen LogP contribution is 2.28. The molecule has 3 nitrogen and oxygen atoms in total. The van der Waals surface area contributed by atoms with E-state index >= 15 is 0 Å². The smallest absolute Gasteiger partial charge is 0.293 e. The van der Waals surface area contributed by atoms with Crippen LogP contribution in [0.3, 0.4) is 0 Å². The van der Waals surface area contributed by atoms with Crippen molar-refractivity contribution in [3.8, 4) is 0 Å². The van der Waals surface area contributed by atoms with Crippen LogP contribution < -0.4 is 5.73 Å². The molecule has 1 heterocycles. The van der Waals surface area contributed by atoms with Crippen LogP contribution in [0.15, 0.2) is 21.0 Å². The average Bonchev–Trinajstić information content (AvgIpc) is 2.29. The molecular formula is C7H4BrClN2O. The van der Waals surface area contributed by atoms with Gasteiger partial charge < -0.3 is 10.2 Å². The van der Waals surface area contributed by atoms with Crippen molar-refractivity contribution in [1.82, 2.24) is 4.98 Å². The van der Waals surface area contributed by atoms with Crippen LogP contribution in [0.2, 0.25) is 5.02 Å². The van der Waals surface area contributed by atoms with Gasteiger partial charge in [0.1, 0.15) is 5.52 Å². The van der Waals surface area contributed by atoms with Gasteiger partial charge in [-0.1, -0.05) is 27.5 Å². The minimum absolute atomic E-state index is 0.130. The molecule has 0 radical (unpaired) electrons. The maximum absolute atomic E-state index is 5.86. The summed E-state index contributed by atoms with van der Waals surface area (Å²) in [4.78, 5) is 3.93. The molecule has 0 saturated heterocycles. The van der Waals surface area contributed by atoms with Crippen LogP contribution in [0.5, 0.6) is 0 Å². The van der Waals surface area contributed by atoms with E-state index in [-0.39, 0.29) is 6.01 Å². The molecular weight excluding hydrogens is 243 g/mol. The van der Waals surface area contributed by atoms with E-state index in [4.69, 9.17) is 21.8 Å². The van der Waals surface area contributed by atoms with Crippen LogP contribution in [0.25, 0.3) is 11.1 Å². The van der Waals surface area contributed by atoms with Gasteiger partial charge in [0.15, 0.2) is 5.58 Å². The van der Waals surface area contributed by atoms with Gasteiger partial charge in [-0.3, -0.25) is 0 Å². The number of rotatable bonds is 0. The van der Waals surface area contributed by atoms with Crippen molar-refractivity contribution < 1.29 is 4.42 Å². The van der Waals surface area contributed by atoms with E-state index in [1.165, 1.54) is 0 Å². The van der Waals surface area contributed by atoms with E-state index in [9.17, 15) is 0 Å². The number of nitrogen functional groups attached to an aromatic ring is 1. The van der Waals surface area contributed by atoms with Gasteiger partial charge in [0.2, 0.25) is 0 Å². The minimum Gasteiger partial charge on any atom is -0.422 e. The van der Waals surface area contributed by atoms with Crippen molar-refractivity contribution in [2.45, 2.75) is 0 Å². The van der Waals surface area contributed by atoms with E-state index in [0.717, 1.165) is 4.47 Å². The minimum atomic E-state index is 0.130. The fourth-order valence-corrected chi connectivity index (χ4v) is 1.81. The SMILES string of the molecule is Nc1nc2cc(Br)cc(Cl)c2o1. The molecule has 1 aromatic carbocycles. The fourth-order valence-electron chi connectivity index (χ4n) is 0.977. The van der Waals surface area contributed by atoms with Crippen LogP contribution in [0.1, 0.15) is 0 Å². The van der Waals surface area contributed by atoms with Gasteiger partial charge in [0, 0.05) is 4.47 Å². The predicted octanol–water partition coefficient (Wildman–Crippen LogP) is 2.83. The number of nitrogens with zero attached hydrogens (tertiary/aromatic N) is 1. The highest BCUT2D eigenvalue weighted by molar-refractivity contribution is 9.10. The molecule has 12 heavy (non-hydrogen) atoms. The second-order valence-electron chi connectivity index (χ2n) is 2.29. The number of benzene rings is 1. The van der Waals surface area contributed by atoms with Gasteiger partial charge in [-0.2, -0.15) is 4.98 Å². The van der Waals surface area contributed by atoms with Crippen LogP contribution >= 0.6 is 27.5 Å². The van der Waals surface area contributed by atoms with Crippen molar-refractivity contribution >= 4 is 44.6 Å². The molecule has 0 spiro atoms. The lowest BCUT2D eigenvalue weighted by Crippen LogP contribution is -1.80. The Balaban J connectivity index is 2.88. The molecule has 0 aliphatic rings. The number of hydrogen-bond donors (Lipinski definition) is 1. The molecule has 2 aromatic rings. The Morgan fingerprint density at radius 1 is 1.50 bits per heavy atom. The van der Waals surface area contributed by atoms with Crippen LogP contribution in [0, 0.1) is 0 Å². The molecule has 0 aliphatic carbocycles. The Morgan fingerprint density at radius 3 is 3.00 bits per heavy atom. The van der Waals surface area contributed by atoms with Crippen molar-refractivity contribution in [2.75, 3.05) is 5.73 Å². The lowest BCUT2D eigenvalue weighted by atomic mass is 10.3. The van der Waals surface area contributed by atoms with Gasteiger partial charge in [-0.05, 0) is 12.1 Å². The molecule has 0 unspecified atom stereocenters. The normalized spacial score (nSPS) is 10.8. The van der Waals surface area contributed by atoms with Crippen molar-refractivity contribution in [1.29, 1.82) is 0 Å². The number of halogens is 2. The van der Waals surface area contributed by atoms with Gasteiger partial charge in [0.25, 0.3) is 6.01 Å². The first-order chi connectivity index (χ1) is 5.66. The number of hydrogen-bond acceptors (Lipinski definition) is 3.